The predicted molar refractivity (Wildman–Crippen MR) is 70.7 cm³/mol. The Bertz CT molecular complexity index is 587. The molecule has 5 heteroatoms. The molecule has 0 radical (unpaired) electrons. The second-order valence-corrected chi connectivity index (χ2v) is 4.09. The van der Waals surface area contributed by atoms with Crippen molar-refractivity contribution in [2.45, 2.75) is 13.0 Å². The maximum Gasteiger partial charge on any atom is 0.165 e. The second-order valence-electron chi connectivity index (χ2n) is 4.09. The quantitative estimate of drug-likeness (QED) is 0.884. The molecule has 5 nitrogen and oxygen atoms in total. The lowest BCUT2D eigenvalue weighted by atomic mass is 10.1. The molecule has 0 aliphatic heterocycles. The van der Waals surface area contributed by atoms with E-state index in [1.165, 1.54) is 13.2 Å². The van der Waals surface area contributed by atoms with E-state index >= 15 is 0 Å². The van der Waals surface area contributed by atoms with Crippen LogP contribution in [0.5, 0.6) is 11.5 Å². The van der Waals surface area contributed by atoms with Gasteiger partial charge in [0.1, 0.15) is 23.3 Å². The Hall–Kier alpha value is -2.27. The van der Waals surface area contributed by atoms with E-state index in [-0.39, 0.29) is 5.75 Å². The summed E-state index contributed by atoms with van der Waals surface area (Å²) in [6.07, 6.45) is 2.71. The molecule has 1 aromatic carbocycles. The first-order valence-electron chi connectivity index (χ1n) is 5.80. The number of rotatable bonds is 4. The molecule has 0 aliphatic rings. The van der Waals surface area contributed by atoms with E-state index in [0.29, 0.717) is 22.8 Å². The van der Waals surface area contributed by atoms with Crippen molar-refractivity contribution < 1.29 is 19.5 Å². The van der Waals surface area contributed by atoms with Crippen LogP contribution in [0.2, 0.25) is 0 Å². The van der Waals surface area contributed by atoms with E-state index in [4.69, 9.17) is 9.26 Å². The van der Waals surface area contributed by atoms with Crippen molar-refractivity contribution in [3.63, 3.8) is 0 Å². The van der Waals surface area contributed by atoms with Crippen molar-refractivity contribution in [2.24, 2.45) is 0 Å². The zero-order valence-corrected chi connectivity index (χ0v) is 10.7. The van der Waals surface area contributed by atoms with Gasteiger partial charge in [0, 0.05) is 17.7 Å². The van der Waals surface area contributed by atoms with Crippen LogP contribution < -0.4 is 4.74 Å². The number of hydrogen-bond donors (Lipinski definition) is 2. The van der Waals surface area contributed by atoms with Gasteiger partial charge in [0.2, 0.25) is 0 Å². The molecule has 0 fully saturated rings. The third-order valence-electron chi connectivity index (χ3n) is 2.63. The maximum atomic E-state index is 9.78. The van der Waals surface area contributed by atoms with E-state index in [1.54, 1.807) is 37.3 Å². The Morgan fingerprint density at radius 3 is 2.68 bits per heavy atom. The largest absolute Gasteiger partial charge is 0.507 e. The van der Waals surface area contributed by atoms with Crippen molar-refractivity contribution in [1.82, 2.24) is 5.16 Å². The molecule has 1 atom stereocenters. The van der Waals surface area contributed by atoms with Gasteiger partial charge in [0.25, 0.3) is 0 Å². The molecule has 2 rings (SSSR count). The number of nitrogens with zero attached hydrogens (tertiary/aromatic N) is 1. The van der Waals surface area contributed by atoms with E-state index in [0.717, 1.165) is 0 Å². The SMILES string of the molecule is COc1ccc(/C=C/c2cc(C(C)O)on2)c(O)c1. The van der Waals surface area contributed by atoms with Gasteiger partial charge < -0.3 is 19.5 Å². The Morgan fingerprint density at radius 2 is 2.11 bits per heavy atom. The highest BCUT2D eigenvalue weighted by Gasteiger charge is 2.07. The summed E-state index contributed by atoms with van der Waals surface area (Å²) in [5.41, 5.74) is 1.22. The van der Waals surface area contributed by atoms with Crippen molar-refractivity contribution in [1.29, 1.82) is 0 Å². The molecular formula is C14H15NO4. The van der Waals surface area contributed by atoms with Crippen LogP contribution in [0.1, 0.15) is 30.0 Å². The van der Waals surface area contributed by atoms with E-state index in [9.17, 15) is 10.2 Å². The van der Waals surface area contributed by atoms with Gasteiger partial charge in [-0.05, 0) is 31.2 Å². The van der Waals surface area contributed by atoms with Crippen molar-refractivity contribution >= 4 is 12.2 Å². The van der Waals surface area contributed by atoms with E-state index in [2.05, 4.69) is 5.16 Å². The highest BCUT2D eigenvalue weighted by atomic mass is 16.5. The van der Waals surface area contributed by atoms with Crippen LogP contribution >= 0.6 is 0 Å². The number of aromatic hydroxyl groups is 1. The van der Waals surface area contributed by atoms with Crippen LogP contribution in [0.15, 0.2) is 28.8 Å². The lowest BCUT2D eigenvalue weighted by molar-refractivity contribution is 0.158. The number of hydrogen-bond acceptors (Lipinski definition) is 5. The summed E-state index contributed by atoms with van der Waals surface area (Å²) in [5, 5.41) is 22.9. The third-order valence-corrected chi connectivity index (χ3v) is 2.63. The van der Waals surface area contributed by atoms with E-state index in [1.807, 2.05) is 0 Å². The summed E-state index contributed by atoms with van der Waals surface area (Å²) in [6.45, 7) is 1.60. The first-order chi connectivity index (χ1) is 9.10. The summed E-state index contributed by atoms with van der Waals surface area (Å²) in [7, 11) is 1.54. The van der Waals surface area contributed by atoms with Gasteiger partial charge in [-0.25, -0.2) is 0 Å². The zero-order chi connectivity index (χ0) is 13.8. The van der Waals surface area contributed by atoms with Crippen LogP contribution in [0, 0.1) is 0 Å². The van der Waals surface area contributed by atoms with Gasteiger partial charge in [0.05, 0.1) is 7.11 Å². The molecule has 100 valence electrons. The molecule has 0 amide bonds. The Kier molecular flexibility index (Phi) is 3.87. The number of aliphatic hydroxyl groups is 1. The summed E-state index contributed by atoms with van der Waals surface area (Å²) < 4.78 is 9.95. The molecule has 0 saturated carbocycles. The van der Waals surface area contributed by atoms with Crippen molar-refractivity contribution in [3.8, 4) is 11.5 Å². The Morgan fingerprint density at radius 1 is 1.32 bits per heavy atom. The van der Waals surface area contributed by atoms with Gasteiger partial charge in [0.15, 0.2) is 5.76 Å². The lowest BCUT2D eigenvalue weighted by Crippen LogP contribution is -1.85. The molecule has 0 bridgehead atoms. The molecule has 0 spiro atoms. The first kappa shape index (κ1) is 13.2. The fourth-order valence-electron chi connectivity index (χ4n) is 1.55. The average Bonchev–Trinajstić information content (AvgIpc) is 2.86. The fourth-order valence-corrected chi connectivity index (χ4v) is 1.55. The number of aliphatic hydroxyl groups excluding tert-OH is 1. The molecule has 0 aliphatic carbocycles. The van der Waals surface area contributed by atoms with Crippen LogP contribution in [0.4, 0.5) is 0 Å². The molecular weight excluding hydrogens is 246 g/mol. The molecule has 1 unspecified atom stereocenters. The van der Waals surface area contributed by atoms with Crippen LogP contribution in [-0.4, -0.2) is 22.5 Å². The highest BCUT2D eigenvalue weighted by molar-refractivity contribution is 5.71. The second kappa shape index (κ2) is 5.58. The van der Waals surface area contributed by atoms with Gasteiger partial charge in [-0.2, -0.15) is 0 Å². The van der Waals surface area contributed by atoms with E-state index < -0.39 is 6.10 Å². The summed E-state index contributed by atoms with van der Waals surface area (Å²) in [5.74, 6) is 1.11. The number of ether oxygens (including phenoxy) is 1. The first-order valence-corrected chi connectivity index (χ1v) is 5.80. The molecule has 1 aromatic heterocycles. The van der Waals surface area contributed by atoms with Crippen LogP contribution in [-0.2, 0) is 0 Å². The normalized spacial score (nSPS) is 12.8. The van der Waals surface area contributed by atoms with Crippen molar-refractivity contribution in [3.05, 3.63) is 41.3 Å². The smallest absolute Gasteiger partial charge is 0.165 e. The minimum absolute atomic E-state index is 0.120. The molecule has 2 aromatic rings. The molecule has 1 heterocycles. The number of benzene rings is 1. The number of methoxy groups -OCH3 is 1. The molecule has 2 N–H and O–H groups in total. The monoisotopic (exact) mass is 261 g/mol. The van der Waals surface area contributed by atoms with Crippen LogP contribution in [0.3, 0.4) is 0 Å². The molecule has 0 saturated heterocycles. The zero-order valence-electron chi connectivity index (χ0n) is 10.7. The predicted octanol–water partition coefficient (Wildman–Crippen LogP) is 2.61. The summed E-state index contributed by atoms with van der Waals surface area (Å²) in [6, 6.07) is 6.66. The third kappa shape index (κ3) is 3.14. The van der Waals surface area contributed by atoms with Gasteiger partial charge in [-0.15, -0.1) is 0 Å². The van der Waals surface area contributed by atoms with Gasteiger partial charge in [-0.3, -0.25) is 0 Å². The number of phenolic OH excluding ortho intramolecular Hbond substituents is 1. The maximum absolute atomic E-state index is 9.78. The Balaban J connectivity index is 2.17. The van der Waals surface area contributed by atoms with Crippen molar-refractivity contribution in [2.75, 3.05) is 7.11 Å². The van der Waals surface area contributed by atoms with Gasteiger partial charge >= 0.3 is 0 Å². The molecule has 19 heavy (non-hydrogen) atoms. The summed E-state index contributed by atoms with van der Waals surface area (Å²) >= 11 is 0. The lowest BCUT2D eigenvalue weighted by Gasteiger charge is -2.02. The average molecular weight is 261 g/mol. The number of aromatic nitrogens is 1. The summed E-state index contributed by atoms with van der Waals surface area (Å²) in [4.78, 5) is 0. The minimum atomic E-state index is -0.691. The minimum Gasteiger partial charge on any atom is -0.507 e. The topological polar surface area (TPSA) is 75.7 Å². The fraction of sp³-hybridized carbons (Fsp3) is 0.214. The van der Waals surface area contributed by atoms with Crippen LogP contribution in [0.25, 0.3) is 12.2 Å². The standard InChI is InChI=1S/C14H15NO4/c1-9(16)14-7-11(15-19-14)5-3-10-4-6-12(18-2)8-13(10)17/h3-9,16-17H,1-2H3/b5-3+. The highest BCUT2D eigenvalue weighted by Crippen LogP contribution is 2.25. The van der Waals surface area contributed by atoms with Gasteiger partial charge in [-0.1, -0.05) is 5.16 Å². The Labute approximate surface area is 110 Å². The number of phenols is 1.